The van der Waals surface area contributed by atoms with Gasteiger partial charge in [0.1, 0.15) is 11.8 Å². The maximum Gasteiger partial charge on any atom is 0.255 e. The second-order valence-electron chi connectivity index (χ2n) is 5.52. The lowest BCUT2D eigenvalue weighted by molar-refractivity contribution is 0.102. The summed E-state index contributed by atoms with van der Waals surface area (Å²) in [5.41, 5.74) is 3.31. The third kappa shape index (κ3) is 3.88. The second-order valence-corrected chi connectivity index (χ2v) is 5.52. The highest BCUT2D eigenvalue weighted by Crippen LogP contribution is 2.19. The van der Waals surface area contributed by atoms with E-state index in [1.807, 2.05) is 60.3 Å². The smallest absolute Gasteiger partial charge is 0.255 e. The summed E-state index contributed by atoms with van der Waals surface area (Å²) in [6, 6.07) is 18.3. The van der Waals surface area contributed by atoms with Crippen LogP contribution >= 0.6 is 0 Å². The van der Waals surface area contributed by atoms with Crippen LogP contribution in [-0.4, -0.2) is 17.1 Å². The quantitative estimate of drug-likeness (QED) is 0.770. The third-order valence-electron chi connectivity index (χ3n) is 3.77. The molecule has 0 spiro atoms. The van der Waals surface area contributed by atoms with E-state index in [1.165, 1.54) is 0 Å². The molecule has 5 nitrogen and oxygen atoms in total. The number of nitrogens with one attached hydrogen (secondary N) is 1. The zero-order valence-electron chi connectivity index (χ0n) is 13.8. The van der Waals surface area contributed by atoms with Crippen molar-refractivity contribution in [1.82, 2.24) is 4.57 Å². The van der Waals surface area contributed by atoms with Crippen LogP contribution in [0.1, 0.15) is 15.9 Å². The maximum absolute atomic E-state index is 12.5. The Kier molecular flexibility index (Phi) is 4.82. The standard InChI is InChI=1S/C20H17N3O2/c1-15-4-5-16(14-19(15)23-11-2-3-12-23)20(24)22-17-6-8-18(9-7-17)25-13-10-21/h2-9,11-12,14H,13H2,1H3,(H,22,24). The molecule has 0 aliphatic rings. The number of hydrogen-bond donors (Lipinski definition) is 1. The third-order valence-corrected chi connectivity index (χ3v) is 3.77. The van der Waals surface area contributed by atoms with Crippen molar-refractivity contribution in [2.75, 3.05) is 11.9 Å². The van der Waals surface area contributed by atoms with E-state index in [0.29, 0.717) is 17.0 Å². The Morgan fingerprint density at radius 2 is 1.88 bits per heavy atom. The summed E-state index contributed by atoms with van der Waals surface area (Å²) in [5, 5.41) is 11.4. The molecular formula is C20H17N3O2. The Bertz CT molecular complexity index is 907. The number of carbonyl (C=O) groups excluding carboxylic acids is 1. The van der Waals surface area contributed by atoms with Gasteiger partial charge in [0.05, 0.1) is 0 Å². The molecule has 0 saturated heterocycles. The molecule has 0 bridgehead atoms. The average Bonchev–Trinajstić information content (AvgIpc) is 3.16. The second kappa shape index (κ2) is 7.37. The minimum atomic E-state index is -0.181. The molecule has 0 aliphatic carbocycles. The van der Waals surface area contributed by atoms with Gasteiger partial charge in [-0.05, 0) is 61.0 Å². The van der Waals surface area contributed by atoms with Crippen LogP contribution in [-0.2, 0) is 0 Å². The van der Waals surface area contributed by atoms with Crippen molar-refractivity contribution < 1.29 is 9.53 Å². The van der Waals surface area contributed by atoms with Crippen LogP contribution in [0.5, 0.6) is 5.75 Å². The summed E-state index contributed by atoms with van der Waals surface area (Å²) < 4.78 is 7.17. The van der Waals surface area contributed by atoms with Gasteiger partial charge in [-0.3, -0.25) is 4.79 Å². The van der Waals surface area contributed by atoms with Crippen LogP contribution in [0.3, 0.4) is 0 Å². The number of anilines is 1. The lowest BCUT2D eigenvalue weighted by Gasteiger charge is -2.11. The molecule has 1 N–H and O–H groups in total. The van der Waals surface area contributed by atoms with E-state index in [-0.39, 0.29) is 12.5 Å². The highest BCUT2D eigenvalue weighted by molar-refractivity contribution is 6.04. The van der Waals surface area contributed by atoms with E-state index in [1.54, 1.807) is 24.3 Å². The van der Waals surface area contributed by atoms with Crippen molar-refractivity contribution in [2.24, 2.45) is 0 Å². The maximum atomic E-state index is 12.5. The van der Waals surface area contributed by atoms with Crippen LogP contribution in [0, 0.1) is 18.3 Å². The Balaban J connectivity index is 1.75. The zero-order chi connectivity index (χ0) is 17.6. The summed E-state index contributed by atoms with van der Waals surface area (Å²) in [5.74, 6) is 0.406. The summed E-state index contributed by atoms with van der Waals surface area (Å²) in [4.78, 5) is 12.5. The van der Waals surface area contributed by atoms with Gasteiger partial charge in [-0.1, -0.05) is 6.07 Å². The van der Waals surface area contributed by atoms with Crippen molar-refractivity contribution in [3.63, 3.8) is 0 Å². The highest BCUT2D eigenvalue weighted by atomic mass is 16.5. The van der Waals surface area contributed by atoms with Gasteiger partial charge in [0.2, 0.25) is 0 Å². The van der Waals surface area contributed by atoms with E-state index in [4.69, 9.17) is 10.00 Å². The number of amides is 1. The molecule has 0 atom stereocenters. The van der Waals surface area contributed by atoms with Gasteiger partial charge < -0.3 is 14.6 Å². The molecule has 5 heteroatoms. The molecular weight excluding hydrogens is 314 g/mol. The minimum absolute atomic E-state index is 0.00274. The number of ether oxygens (including phenoxy) is 1. The Morgan fingerprint density at radius 1 is 1.16 bits per heavy atom. The lowest BCUT2D eigenvalue weighted by Crippen LogP contribution is -2.12. The van der Waals surface area contributed by atoms with Gasteiger partial charge in [0.15, 0.2) is 6.61 Å². The molecule has 0 unspecified atom stereocenters. The van der Waals surface area contributed by atoms with Gasteiger partial charge in [-0.2, -0.15) is 5.26 Å². The molecule has 25 heavy (non-hydrogen) atoms. The molecule has 1 aromatic heterocycles. The Morgan fingerprint density at radius 3 is 2.56 bits per heavy atom. The highest BCUT2D eigenvalue weighted by Gasteiger charge is 2.09. The molecule has 3 rings (SSSR count). The van der Waals surface area contributed by atoms with Crippen molar-refractivity contribution in [3.05, 3.63) is 78.1 Å². The SMILES string of the molecule is Cc1ccc(C(=O)Nc2ccc(OCC#N)cc2)cc1-n1cccc1. The topological polar surface area (TPSA) is 67.0 Å². The molecule has 3 aromatic rings. The van der Waals surface area contributed by atoms with Crippen LogP contribution in [0.4, 0.5) is 5.69 Å². The number of aryl methyl sites for hydroxylation is 1. The van der Waals surface area contributed by atoms with Gasteiger partial charge >= 0.3 is 0 Å². The first-order chi connectivity index (χ1) is 12.2. The molecule has 0 saturated carbocycles. The Hall–Kier alpha value is -3.52. The van der Waals surface area contributed by atoms with E-state index < -0.39 is 0 Å². The van der Waals surface area contributed by atoms with Gasteiger partial charge in [-0.25, -0.2) is 0 Å². The molecule has 1 heterocycles. The first-order valence-electron chi connectivity index (χ1n) is 7.82. The van der Waals surface area contributed by atoms with Crippen LogP contribution in [0.15, 0.2) is 67.0 Å². The molecule has 1 amide bonds. The number of nitrogens with zero attached hydrogens (tertiary/aromatic N) is 2. The lowest BCUT2D eigenvalue weighted by atomic mass is 10.1. The summed E-state index contributed by atoms with van der Waals surface area (Å²) in [7, 11) is 0. The fourth-order valence-electron chi connectivity index (χ4n) is 2.48. The van der Waals surface area contributed by atoms with E-state index in [9.17, 15) is 4.79 Å². The normalized spacial score (nSPS) is 10.1. The predicted molar refractivity (Wildman–Crippen MR) is 96.0 cm³/mol. The van der Waals surface area contributed by atoms with Crippen molar-refractivity contribution in [1.29, 1.82) is 5.26 Å². The van der Waals surface area contributed by atoms with Crippen LogP contribution in [0.2, 0.25) is 0 Å². The Labute approximate surface area is 146 Å². The molecule has 2 aromatic carbocycles. The number of hydrogen-bond acceptors (Lipinski definition) is 3. The van der Waals surface area contributed by atoms with E-state index in [0.717, 1.165) is 11.3 Å². The average molecular weight is 331 g/mol. The fourth-order valence-corrected chi connectivity index (χ4v) is 2.48. The van der Waals surface area contributed by atoms with Crippen molar-refractivity contribution in [3.8, 4) is 17.5 Å². The largest absolute Gasteiger partial charge is 0.479 e. The number of carbonyl (C=O) groups is 1. The summed E-state index contributed by atoms with van der Waals surface area (Å²) in [6.45, 7) is 2.01. The van der Waals surface area contributed by atoms with Gasteiger partial charge in [0, 0.05) is 29.3 Å². The van der Waals surface area contributed by atoms with Crippen LogP contribution in [0.25, 0.3) is 5.69 Å². The number of rotatable bonds is 5. The summed E-state index contributed by atoms with van der Waals surface area (Å²) >= 11 is 0. The van der Waals surface area contributed by atoms with E-state index >= 15 is 0 Å². The molecule has 124 valence electrons. The fraction of sp³-hybridized carbons (Fsp3) is 0.100. The predicted octanol–water partition coefficient (Wildman–Crippen LogP) is 3.94. The minimum Gasteiger partial charge on any atom is -0.479 e. The number of nitriles is 1. The first-order valence-corrected chi connectivity index (χ1v) is 7.82. The summed E-state index contributed by atoms with van der Waals surface area (Å²) in [6.07, 6.45) is 3.90. The van der Waals surface area contributed by atoms with Gasteiger partial charge in [0.25, 0.3) is 5.91 Å². The number of benzene rings is 2. The van der Waals surface area contributed by atoms with Crippen molar-refractivity contribution >= 4 is 11.6 Å². The van der Waals surface area contributed by atoms with Gasteiger partial charge in [-0.15, -0.1) is 0 Å². The first kappa shape index (κ1) is 16.3. The number of aromatic nitrogens is 1. The van der Waals surface area contributed by atoms with E-state index in [2.05, 4.69) is 5.32 Å². The molecule has 0 radical (unpaired) electrons. The van der Waals surface area contributed by atoms with Crippen LogP contribution < -0.4 is 10.1 Å². The monoisotopic (exact) mass is 331 g/mol. The van der Waals surface area contributed by atoms with Crippen molar-refractivity contribution in [2.45, 2.75) is 6.92 Å². The molecule has 0 fully saturated rings. The zero-order valence-corrected chi connectivity index (χ0v) is 13.8. The molecule has 0 aliphatic heterocycles.